The van der Waals surface area contributed by atoms with Crippen LogP contribution in [-0.2, 0) is 9.53 Å². The number of halogens is 1. The van der Waals surface area contributed by atoms with E-state index in [2.05, 4.69) is 15.9 Å². The van der Waals surface area contributed by atoms with Crippen molar-refractivity contribution in [2.75, 3.05) is 45.6 Å². The Morgan fingerprint density at radius 2 is 1.86 bits per heavy atom. The molecule has 1 aromatic rings. The summed E-state index contributed by atoms with van der Waals surface area (Å²) in [4.78, 5) is 27.6. The molecule has 1 saturated heterocycles. The second kappa shape index (κ2) is 6.91. The molecule has 0 atom stereocenters. The molecule has 114 valence electrons. The summed E-state index contributed by atoms with van der Waals surface area (Å²) in [6, 6.07) is 5.23. The minimum absolute atomic E-state index is 0.0495. The molecule has 1 aromatic carbocycles. The predicted molar refractivity (Wildman–Crippen MR) is 82.9 cm³/mol. The molecule has 1 aliphatic rings. The van der Waals surface area contributed by atoms with Crippen LogP contribution in [0.5, 0.6) is 0 Å². The van der Waals surface area contributed by atoms with Crippen molar-refractivity contribution < 1.29 is 14.3 Å². The van der Waals surface area contributed by atoms with Crippen LogP contribution in [0.25, 0.3) is 0 Å². The van der Waals surface area contributed by atoms with Gasteiger partial charge < -0.3 is 20.3 Å². The number of methoxy groups -OCH3 is 1. The molecule has 1 aliphatic heterocycles. The molecular formula is C14H18BrN3O3. The third-order valence-corrected chi connectivity index (χ3v) is 3.93. The Morgan fingerprint density at radius 1 is 1.24 bits per heavy atom. The molecule has 0 saturated carbocycles. The third-order valence-electron chi connectivity index (χ3n) is 3.43. The summed E-state index contributed by atoms with van der Waals surface area (Å²) in [7, 11) is 1.49. The van der Waals surface area contributed by atoms with Gasteiger partial charge in [-0.2, -0.15) is 0 Å². The lowest BCUT2D eigenvalue weighted by Crippen LogP contribution is -2.51. The van der Waals surface area contributed by atoms with Crippen LogP contribution >= 0.6 is 15.9 Å². The molecule has 2 rings (SSSR count). The highest BCUT2D eigenvalue weighted by Crippen LogP contribution is 2.20. The average molecular weight is 356 g/mol. The molecule has 0 aromatic heterocycles. The number of anilines is 1. The van der Waals surface area contributed by atoms with E-state index in [0.29, 0.717) is 37.4 Å². The van der Waals surface area contributed by atoms with Gasteiger partial charge in [-0.3, -0.25) is 9.59 Å². The Balaban J connectivity index is 2.00. The zero-order chi connectivity index (χ0) is 15.4. The van der Waals surface area contributed by atoms with E-state index in [9.17, 15) is 9.59 Å². The Labute approximate surface area is 132 Å². The third kappa shape index (κ3) is 3.74. The van der Waals surface area contributed by atoms with E-state index < -0.39 is 0 Å². The normalized spacial score (nSPS) is 15.1. The maximum absolute atomic E-state index is 12.5. The number of hydrogen-bond acceptors (Lipinski definition) is 4. The van der Waals surface area contributed by atoms with Crippen LogP contribution in [0.15, 0.2) is 22.7 Å². The number of nitrogens with zero attached hydrogens (tertiary/aromatic N) is 2. The van der Waals surface area contributed by atoms with E-state index in [0.717, 1.165) is 4.47 Å². The van der Waals surface area contributed by atoms with Gasteiger partial charge in [0, 0.05) is 43.4 Å². The number of hydrogen-bond donors (Lipinski definition) is 1. The second-order valence-corrected chi connectivity index (χ2v) is 5.75. The lowest BCUT2D eigenvalue weighted by molar-refractivity contribution is -0.136. The summed E-state index contributed by atoms with van der Waals surface area (Å²) in [6.45, 7) is 2.11. The summed E-state index contributed by atoms with van der Waals surface area (Å²) in [5.41, 5.74) is 6.81. The monoisotopic (exact) mass is 355 g/mol. The molecule has 6 nitrogen and oxygen atoms in total. The highest BCUT2D eigenvalue weighted by molar-refractivity contribution is 9.10. The van der Waals surface area contributed by atoms with Crippen molar-refractivity contribution in [2.45, 2.75) is 0 Å². The van der Waals surface area contributed by atoms with Gasteiger partial charge in [0.2, 0.25) is 5.91 Å². The van der Waals surface area contributed by atoms with Gasteiger partial charge in [-0.15, -0.1) is 0 Å². The molecule has 21 heavy (non-hydrogen) atoms. The van der Waals surface area contributed by atoms with Gasteiger partial charge in [-0.1, -0.05) is 15.9 Å². The molecule has 1 fully saturated rings. The van der Waals surface area contributed by atoms with Gasteiger partial charge in [0.05, 0.1) is 5.56 Å². The number of benzene rings is 1. The minimum atomic E-state index is -0.104. The predicted octanol–water partition coefficient (Wildman–Crippen LogP) is 0.962. The fraction of sp³-hybridized carbons (Fsp3) is 0.429. The summed E-state index contributed by atoms with van der Waals surface area (Å²) in [6.07, 6.45) is 0. The number of nitrogen functional groups attached to an aromatic ring is 1. The van der Waals surface area contributed by atoms with Crippen molar-refractivity contribution in [3.63, 3.8) is 0 Å². The summed E-state index contributed by atoms with van der Waals surface area (Å²) >= 11 is 3.34. The molecule has 2 N–H and O–H groups in total. The quantitative estimate of drug-likeness (QED) is 0.819. The summed E-state index contributed by atoms with van der Waals surface area (Å²) in [5.74, 6) is -0.154. The Morgan fingerprint density at radius 3 is 2.48 bits per heavy atom. The Bertz CT molecular complexity index is 542. The first kappa shape index (κ1) is 15.8. The van der Waals surface area contributed by atoms with E-state index in [-0.39, 0.29) is 18.4 Å². The molecular weight excluding hydrogens is 338 g/mol. The molecule has 0 unspecified atom stereocenters. The standard InChI is InChI=1S/C14H18BrN3O3/c1-21-9-13(19)17-4-6-18(7-5-17)14(20)11-8-10(15)2-3-12(11)16/h2-3,8H,4-7,9,16H2,1H3. The summed E-state index contributed by atoms with van der Waals surface area (Å²) < 4.78 is 5.65. The van der Waals surface area contributed by atoms with Crippen LogP contribution in [0, 0.1) is 0 Å². The van der Waals surface area contributed by atoms with Crippen LogP contribution in [0.1, 0.15) is 10.4 Å². The van der Waals surface area contributed by atoms with Gasteiger partial charge in [-0.05, 0) is 18.2 Å². The van der Waals surface area contributed by atoms with Crippen molar-refractivity contribution in [1.29, 1.82) is 0 Å². The molecule has 0 spiro atoms. The number of carbonyl (C=O) groups excluding carboxylic acids is 2. The van der Waals surface area contributed by atoms with Crippen LogP contribution in [-0.4, -0.2) is 61.5 Å². The largest absolute Gasteiger partial charge is 0.398 e. The van der Waals surface area contributed by atoms with Crippen molar-refractivity contribution in [2.24, 2.45) is 0 Å². The first-order chi connectivity index (χ1) is 10.0. The van der Waals surface area contributed by atoms with E-state index in [1.54, 1.807) is 28.0 Å². The van der Waals surface area contributed by atoms with E-state index >= 15 is 0 Å². The zero-order valence-electron chi connectivity index (χ0n) is 11.8. The fourth-order valence-corrected chi connectivity index (χ4v) is 2.62. The Kier molecular flexibility index (Phi) is 5.19. The van der Waals surface area contributed by atoms with Crippen LogP contribution < -0.4 is 5.73 Å². The smallest absolute Gasteiger partial charge is 0.256 e. The molecule has 0 radical (unpaired) electrons. The van der Waals surface area contributed by atoms with Gasteiger partial charge in [0.1, 0.15) is 6.61 Å². The van der Waals surface area contributed by atoms with Crippen molar-refractivity contribution in [3.8, 4) is 0 Å². The van der Waals surface area contributed by atoms with Gasteiger partial charge in [0.25, 0.3) is 5.91 Å². The lowest BCUT2D eigenvalue weighted by Gasteiger charge is -2.34. The van der Waals surface area contributed by atoms with Crippen molar-refractivity contribution >= 4 is 33.4 Å². The maximum Gasteiger partial charge on any atom is 0.256 e. The number of amides is 2. The van der Waals surface area contributed by atoms with Crippen molar-refractivity contribution in [1.82, 2.24) is 9.80 Å². The number of rotatable bonds is 3. The van der Waals surface area contributed by atoms with Crippen molar-refractivity contribution in [3.05, 3.63) is 28.2 Å². The Hall–Kier alpha value is -1.60. The number of piperazine rings is 1. The highest BCUT2D eigenvalue weighted by atomic mass is 79.9. The second-order valence-electron chi connectivity index (χ2n) is 4.84. The molecule has 2 amide bonds. The number of carbonyl (C=O) groups is 2. The van der Waals surface area contributed by atoms with Gasteiger partial charge in [-0.25, -0.2) is 0 Å². The van der Waals surface area contributed by atoms with E-state index in [4.69, 9.17) is 10.5 Å². The van der Waals surface area contributed by atoms with Crippen LogP contribution in [0.4, 0.5) is 5.69 Å². The maximum atomic E-state index is 12.5. The molecule has 1 heterocycles. The summed E-state index contributed by atoms with van der Waals surface area (Å²) in [5, 5.41) is 0. The fourth-order valence-electron chi connectivity index (χ4n) is 2.26. The molecule has 0 aliphatic carbocycles. The molecule has 7 heteroatoms. The highest BCUT2D eigenvalue weighted by Gasteiger charge is 2.25. The lowest BCUT2D eigenvalue weighted by atomic mass is 10.1. The zero-order valence-corrected chi connectivity index (χ0v) is 13.4. The SMILES string of the molecule is COCC(=O)N1CCN(C(=O)c2cc(Br)ccc2N)CC1. The minimum Gasteiger partial charge on any atom is -0.398 e. The number of ether oxygens (including phenoxy) is 1. The van der Waals surface area contributed by atoms with Crippen LogP contribution in [0.3, 0.4) is 0 Å². The average Bonchev–Trinajstić information content (AvgIpc) is 2.49. The van der Waals surface area contributed by atoms with Gasteiger partial charge >= 0.3 is 0 Å². The van der Waals surface area contributed by atoms with E-state index in [1.807, 2.05) is 0 Å². The first-order valence-corrected chi connectivity index (χ1v) is 7.43. The topological polar surface area (TPSA) is 75.9 Å². The molecule has 0 bridgehead atoms. The first-order valence-electron chi connectivity index (χ1n) is 6.64. The number of nitrogens with two attached hydrogens (primary N) is 1. The van der Waals surface area contributed by atoms with Crippen LogP contribution in [0.2, 0.25) is 0 Å². The van der Waals surface area contributed by atoms with Gasteiger partial charge in [0.15, 0.2) is 0 Å². The van der Waals surface area contributed by atoms with E-state index in [1.165, 1.54) is 7.11 Å².